The fraction of sp³-hybridized carbons (Fsp3) is 0.444. The van der Waals surface area contributed by atoms with Crippen LogP contribution in [0.25, 0.3) is 10.9 Å². The molecule has 0 radical (unpaired) electrons. The summed E-state index contributed by atoms with van der Waals surface area (Å²) in [6.07, 6.45) is 2.96. The molecule has 1 aromatic heterocycles. The van der Waals surface area contributed by atoms with Crippen LogP contribution in [-0.4, -0.2) is 59.1 Å². The molecule has 2 amide bonds. The lowest BCUT2D eigenvalue weighted by molar-refractivity contribution is 0.0162. The molecule has 1 aliphatic carbocycles. The van der Waals surface area contributed by atoms with Gasteiger partial charge in [-0.15, -0.1) is 0 Å². The zero-order chi connectivity index (χ0) is 16.5. The first-order valence-corrected chi connectivity index (χ1v) is 8.53. The summed E-state index contributed by atoms with van der Waals surface area (Å²) in [6.45, 7) is 2.12. The van der Waals surface area contributed by atoms with Crippen molar-refractivity contribution in [2.75, 3.05) is 26.2 Å². The van der Waals surface area contributed by atoms with Crippen LogP contribution in [0.15, 0.2) is 30.3 Å². The number of hydrogen-bond acceptors (Lipinski definition) is 3. The van der Waals surface area contributed by atoms with E-state index in [2.05, 4.69) is 4.98 Å². The molecule has 2 heterocycles. The van der Waals surface area contributed by atoms with Gasteiger partial charge in [0.05, 0.1) is 0 Å². The fourth-order valence-electron chi connectivity index (χ4n) is 3.16. The van der Waals surface area contributed by atoms with Crippen LogP contribution < -0.4 is 0 Å². The van der Waals surface area contributed by atoms with Crippen molar-refractivity contribution in [3.05, 3.63) is 36.0 Å². The minimum absolute atomic E-state index is 0.0155. The van der Waals surface area contributed by atoms with Gasteiger partial charge in [-0.05, 0) is 31.4 Å². The molecule has 6 nitrogen and oxygen atoms in total. The van der Waals surface area contributed by atoms with E-state index in [0.29, 0.717) is 31.9 Å². The van der Waals surface area contributed by atoms with Crippen molar-refractivity contribution in [1.82, 2.24) is 14.8 Å². The maximum Gasteiger partial charge on any atom is 0.410 e. The maximum atomic E-state index is 12.6. The van der Waals surface area contributed by atoms with Crippen molar-refractivity contribution in [2.45, 2.75) is 25.4 Å². The Morgan fingerprint density at radius 2 is 1.75 bits per heavy atom. The highest BCUT2D eigenvalue weighted by atomic mass is 16.6. The Morgan fingerprint density at radius 1 is 1.04 bits per heavy atom. The smallest absolute Gasteiger partial charge is 0.410 e. The lowest BCUT2D eigenvalue weighted by Gasteiger charge is -2.35. The van der Waals surface area contributed by atoms with Crippen LogP contribution in [0.1, 0.15) is 29.8 Å². The second-order valence-electron chi connectivity index (χ2n) is 6.49. The number of carbonyl (C=O) groups is 2. The molecule has 1 aliphatic heterocycles. The normalized spacial score (nSPS) is 18.5. The van der Waals surface area contributed by atoms with E-state index in [0.717, 1.165) is 30.2 Å². The maximum absolute atomic E-state index is 12.6. The number of ether oxygens (including phenoxy) is 1. The van der Waals surface area contributed by atoms with Crippen molar-refractivity contribution >= 4 is 22.9 Å². The highest BCUT2D eigenvalue weighted by Crippen LogP contribution is 2.23. The molecule has 0 unspecified atom stereocenters. The minimum Gasteiger partial charge on any atom is -0.446 e. The Labute approximate surface area is 140 Å². The molecule has 0 bridgehead atoms. The minimum atomic E-state index is -0.239. The number of para-hydroxylation sites is 1. The SMILES string of the molecule is O=C(OC1CCC1)N1CCN(C(=O)c2cc3ccccc3[nH]2)CC1. The summed E-state index contributed by atoms with van der Waals surface area (Å²) in [7, 11) is 0. The van der Waals surface area contributed by atoms with Gasteiger partial charge in [0, 0.05) is 37.1 Å². The molecule has 1 N–H and O–H groups in total. The van der Waals surface area contributed by atoms with Gasteiger partial charge in [0.25, 0.3) is 5.91 Å². The van der Waals surface area contributed by atoms with Crippen LogP contribution in [0, 0.1) is 0 Å². The molecule has 0 atom stereocenters. The number of piperazine rings is 1. The Balaban J connectivity index is 1.36. The highest BCUT2D eigenvalue weighted by Gasteiger charge is 2.29. The summed E-state index contributed by atoms with van der Waals surface area (Å²) < 4.78 is 5.42. The largest absolute Gasteiger partial charge is 0.446 e. The monoisotopic (exact) mass is 327 g/mol. The summed E-state index contributed by atoms with van der Waals surface area (Å²) in [4.78, 5) is 31.4. The molecule has 4 rings (SSSR count). The highest BCUT2D eigenvalue weighted by molar-refractivity contribution is 5.98. The van der Waals surface area contributed by atoms with Gasteiger partial charge in [0.2, 0.25) is 0 Å². The third-order valence-corrected chi connectivity index (χ3v) is 4.91. The molecule has 24 heavy (non-hydrogen) atoms. The summed E-state index contributed by atoms with van der Waals surface area (Å²) in [6, 6.07) is 9.73. The van der Waals surface area contributed by atoms with Crippen LogP contribution in [0.4, 0.5) is 4.79 Å². The molecule has 1 saturated carbocycles. The number of nitrogens with zero attached hydrogens (tertiary/aromatic N) is 2. The second kappa shape index (κ2) is 6.19. The average molecular weight is 327 g/mol. The van der Waals surface area contributed by atoms with E-state index < -0.39 is 0 Å². The second-order valence-corrected chi connectivity index (χ2v) is 6.49. The lowest BCUT2D eigenvalue weighted by Crippen LogP contribution is -2.51. The van der Waals surface area contributed by atoms with Crippen LogP contribution in [-0.2, 0) is 4.74 Å². The van der Waals surface area contributed by atoms with E-state index in [4.69, 9.17) is 4.74 Å². The number of aromatic amines is 1. The fourth-order valence-corrected chi connectivity index (χ4v) is 3.16. The number of H-pyrrole nitrogens is 1. The quantitative estimate of drug-likeness (QED) is 0.922. The van der Waals surface area contributed by atoms with Gasteiger partial charge in [-0.25, -0.2) is 4.79 Å². The molecule has 1 saturated heterocycles. The number of rotatable bonds is 2. The number of fused-ring (bicyclic) bond motifs is 1. The molecular formula is C18H21N3O3. The van der Waals surface area contributed by atoms with Crippen molar-refractivity contribution < 1.29 is 14.3 Å². The topological polar surface area (TPSA) is 65.6 Å². The number of hydrogen-bond donors (Lipinski definition) is 1. The van der Waals surface area contributed by atoms with Crippen molar-refractivity contribution in [1.29, 1.82) is 0 Å². The van der Waals surface area contributed by atoms with Gasteiger partial charge in [0.1, 0.15) is 11.8 Å². The third-order valence-electron chi connectivity index (χ3n) is 4.91. The van der Waals surface area contributed by atoms with Gasteiger partial charge in [0.15, 0.2) is 0 Å². The van der Waals surface area contributed by atoms with E-state index in [1.807, 2.05) is 30.3 Å². The molecule has 2 aromatic rings. The predicted molar refractivity (Wildman–Crippen MR) is 89.9 cm³/mol. The van der Waals surface area contributed by atoms with Crippen molar-refractivity contribution in [2.24, 2.45) is 0 Å². The Hall–Kier alpha value is -2.50. The first kappa shape index (κ1) is 15.1. The number of benzene rings is 1. The molecule has 1 aromatic carbocycles. The Bertz CT molecular complexity index is 725. The molecule has 126 valence electrons. The van der Waals surface area contributed by atoms with E-state index >= 15 is 0 Å². The predicted octanol–water partition coefficient (Wildman–Crippen LogP) is 2.61. The van der Waals surface area contributed by atoms with Gasteiger partial charge in [-0.1, -0.05) is 18.2 Å². The third kappa shape index (κ3) is 2.84. The number of nitrogens with one attached hydrogen (secondary N) is 1. The number of amides is 2. The zero-order valence-electron chi connectivity index (χ0n) is 13.5. The van der Waals surface area contributed by atoms with E-state index in [-0.39, 0.29) is 18.1 Å². The molecular weight excluding hydrogens is 306 g/mol. The summed E-state index contributed by atoms with van der Waals surface area (Å²) >= 11 is 0. The summed E-state index contributed by atoms with van der Waals surface area (Å²) in [5.74, 6) is -0.0155. The van der Waals surface area contributed by atoms with E-state index in [9.17, 15) is 9.59 Å². The van der Waals surface area contributed by atoms with Crippen LogP contribution in [0.3, 0.4) is 0 Å². The Kier molecular flexibility index (Phi) is 3.88. The molecule has 0 spiro atoms. The number of carbonyl (C=O) groups excluding carboxylic acids is 2. The Morgan fingerprint density at radius 3 is 2.42 bits per heavy atom. The first-order valence-electron chi connectivity index (χ1n) is 8.53. The van der Waals surface area contributed by atoms with Gasteiger partial charge in [-0.2, -0.15) is 0 Å². The van der Waals surface area contributed by atoms with Gasteiger partial charge < -0.3 is 19.5 Å². The van der Waals surface area contributed by atoms with Crippen LogP contribution in [0.5, 0.6) is 0 Å². The standard InChI is InChI=1S/C18H21N3O3/c22-17(16-12-13-4-1-2-7-15(13)19-16)20-8-10-21(11-9-20)18(23)24-14-5-3-6-14/h1-2,4,7,12,14,19H,3,5-6,8-11H2. The van der Waals surface area contributed by atoms with Crippen molar-refractivity contribution in [3.63, 3.8) is 0 Å². The summed E-state index contributed by atoms with van der Waals surface area (Å²) in [5, 5.41) is 1.03. The van der Waals surface area contributed by atoms with Crippen LogP contribution >= 0.6 is 0 Å². The van der Waals surface area contributed by atoms with Crippen molar-refractivity contribution in [3.8, 4) is 0 Å². The van der Waals surface area contributed by atoms with Gasteiger partial charge >= 0.3 is 6.09 Å². The zero-order valence-corrected chi connectivity index (χ0v) is 13.5. The van der Waals surface area contributed by atoms with Crippen LogP contribution in [0.2, 0.25) is 0 Å². The lowest BCUT2D eigenvalue weighted by atomic mass is 9.96. The van der Waals surface area contributed by atoms with Gasteiger partial charge in [-0.3, -0.25) is 4.79 Å². The first-order chi connectivity index (χ1) is 11.7. The number of aromatic nitrogens is 1. The molecule has 6 heteroatoms. The molecule has 2 aliphatic rings. The average Bonchev–Trinajstić information content (AvgIpc) is 3.01. The van der Waals surface area contributed by atoms with E-state index in [1.165, 1.54) is 0 Å². The summed E-state index contributed by atoms with van der Waals surface area (Å²) in [5.41, 5.74) is 1.56. The molecule has 2 fully saturated rings. The van der Waals surface area contributed by atoms with E-state index in [1.54, 1.807) is 9.80 Å².